The van der Waals surface area contributed by atoms with Gasteiger partial charge in [-0.05, 0) is 26.8 Å². The molecule has 1 heterocycles. The van der Waals surface area contributed by atoms with E-state index in [9.17, 15) is 4.79 Å². The third-order valence-corrected chi connectivity index (χ3v) is 2.23. The Balaban J connectivity index is 2.66. The van der Waals surface area contributed by atoms with Crippen LogP contribution in [0.5, 0.6) is 5.75 Å². The van der Waals surface area contributed by atoms with Crippen LogP contribution in [0, 0.1) is 0 Å². The number of methoxy groups -OCH3 is 1. The molecule has 0 unspecified atom stereocenters. The first kappa shape index (κ1) is 14.6. The van der Waals surface area contributed by atoms with E-state index in [1.165, 1.54) is 13.3 Å². The van der Waals surface area contributed by atoms with Crippen molar-refractivity contribution in [1.82, 2.24) is 4.98 Å². The van der Waals surface area contributed by atoms with E-state index in [4.69, 9.17) is 25.8 Å². The fraction of sp³-hybridized carbons (Fsp3) is 0.500. The molecule has 0 saturated carbocycles. The molecule has 0 radical (unpaired) electrons. The molecule has 0 aliphatic rings. The maximum Gasteiger partial charge on any atom is 0.509 e. The van der Waals surface area contributed by atoms with Crippen LogP contribution in [0.2, 0.25) is 5.15 Å². The van der Waals surface area contributed by atoms with Crippen LogP contribution in [0.3, 0.4) is 0 Å². The topological polar surface area (TPSA) is 57.7 Å². The number of halogens is 1. The minimum atomic E-state index is -0.760. The normalized spacial score (nSPS) is 10.9. The van der Waals surface area contributed by atoms with Crippen LogP contribution in [-0.2, 0) is 16.1 Å². The summed E-state index contributed by atoms with van der Waals surface area (Å²) in [4.78, 5) is 15.3. The molecule has 1 aromatic rings. The standard InChI is InChI=1S/C12H16ClNO4/c1-12(2,3)18-11(15)17-7-8-9(16-4)5-6-14-10(8)13/h5-6H,7H2,1-4H3. The highest BCUT2D eigenvalue weighted by atomic mass is 35.5. The molecule has 0 atom stereocenters. The van der Waals surface area contributed by atoms with Gasteiger partial charge in [-0.15, -0.1) is 0 Å². The molecule has 0 aromatic carbocycles. The highest BCUT2D eigenvalue weighted by Gasteiger charge is 2.18. The second-order valence-electron chi connectivity index (χ2n) is 4.54. The molecular weight excluding hydrogens is 258 g/mol. The number of hydrogen-bond acceptors (Lipinski definition) is 5. The summed E-state index contributed by atoms with van der Waals surface area (Å²) < 4.78 is 15.1. The van der Waals surface area contributed by atoms with Gasteiger partial charge in [-0.25, -0.2) is 9.78 Å². The van der Waals surface area contributed by atoms with E-state index in [0.717, 1.165) is 0 Å². The van der Waals surface area contributed by atoms with Gasteiger partial charge in [0.15, 0.2) is 0 Å². The van der Waals surface area contributed by atoms with Gasteiger partial charge in [0, 0.05) is 6.20 Å². The molecule has 6 heteroatoms. The second kappa shape index (κ2) is 5.91. The number of hydrogen-bond donors (Lipinski definition) is 0. The smallest absolute Gasteiger partial charge is 0.496 e. The zero-order chi connectivity index (χ0) is 13.8. The van der Waals surface area contributed by atoms with E-state index in [1.54, 1.807) is 26.8 Å². The first-order valence-corrected chi connectivity index (χ1v) is 5.74. The Morgan fingerprint density at radius 2 is 2.11 bits per heavy atom. The van der Waals surface area contributed by atoms with Crippen LogP contribution in [-0.4, -0.2) is 23.9 Å². The number of rotatable bonds is 3. The minimum absolute atomic E-state index is 0.0508. The van der Waals surface area contributed by atoms with Gasteiger partial charge in [0.05, 0.1) is 12.7 Å². The average Bonchev–Trinajstić information content (AvgIpc) is 2.24. The maximum absolute atomic E-state index is 11.4. The van der Waals surface area contributed by atoms with Crippen molar-refractivity contribution in [3.63, 3.8) is 0 Å². The predicted octanol–water partition coefficient (Wildman–Crippen LogP) is 3.20. The Morgan fingerprint density at radius 3 is 2.67 bits per heavy atom. The predicted molar refractivity (Wildman–Crippen MR) is 66.8 cm³/mol. The number of carbonyl (C=O) groups excluding carboxylic acids is 1. The zero-order valence-corrected chi connectivity index (χ0v) is 11.6. The van der Waals surface area contributed by atoms with Crippen molar-refractivity contribution in [1.29, 1.82) is 0 Å². The number of carbonyl (C=O) groups is 1. The van der Waals surface area contributed by atoms with Crippen LogP contribution in [0.15, 0.2) is 12.3 Å². The maximum atomic E-state index is 11.4. The summed E-state index contributed by atoms with van der Waals surface area (Å²) in [5.41, 5.74) is -0.0904. The van der Waals surface area contributed by atoms with Gasteiger partial charge in [-0.2, -0.15) is 0 Å². The Labute approximate surface area is 111 Å². The largest absolute Gasteiger partial charge is 0.509 e. The van der Waals surface area contributed by atoms with Gasteiger partial charge in [0.2, 0.25) is 0 Å². The first-order chi connectivity index (χ1) is 8.33. The summed E-state index contributed by atoms with van der Waals surface area (Å²) >= 11 is 5.90. The Morgan fingerprint density at radius 1 is 1.44 bits per heavy atom. The van der Waals surface area contributed by atoms with Gasteiger partial charge >= 0.3 is 6.16 Å². The summed E-state index contributed by atoms with van der Waals surface area (Å²) in [5, 5.41) is 0.234. The van der Waals surface area contributed by atoms with Crippen LogP contribution in [0.4, 0.5) is 4.79 Å². The van der Waals surface area contributed by atoms with Crippen molar-refractivity contribution >= 4 is 17.8 Å². The van der Waals surface area contributed by atoms with Crippen molar-refractivity contribution in [3.8, 4) is 5.75 Å². The van der Waals surface area contributed by atoms with Gasteiger partial charge in [0.1, 0.15) is 23.1 Å². The van der Waals surface area contributed by atoms with Crippen LogP contribution >= 0.6 is 11.6 Å². The zero-order valence-electron chi connectivity index (χ0n) is 10.8. The molecule has 0 saturated heterocycles. The van der Waals surface area contributed by atoms with Crippen molar-refractivity contribution in [3.05, 3.63) is 23.0 Å². The highest BCUT2D eigenvalue weighted by Crippen LogP contribution is 2.25. The van der Waals surface area contributed by atoms with Gasteiger partial charge in [-0.1, -0.05) is 11.6 Å². The van der Waals surface area contributed by atoms with Crippen molar-refractivity contribution in [2.45, 2.75) is 33.0 Å². The number of aromatic nitrogens is 1. The number of pyridine rings is 1. The van der Waals surface area contributed by atoms with E-state index < -0.39 is 11.8 Å². The summed E-state index contributed by atoms with van der Waals surface area (Å²) in [7, 11) is 1.50. The Kier molecular flexibility index (Phi) is 4.78. The first-order valence-electron chi connectivity index (χ1n) is 5.36. The van der Waals surface area contributed by atoms with Crippen LogP contribution < -0.4 is 4.74 Å². The third-order valence-electron chi connectivity index (χ3n) is 1.90. The molecule has 18 heavy (non-hydrogen) atoms. The number of ether oxygens (including phenoxy) is 3. The van der Waals surface area contributed by atoms with E-state index in [1.807, 2.05) is 0 Å². The highest BCUT2D eigenvalue weighted by molar-refractivity contribution is 6.30. The molecule has 0 N–H and O–H groups in total. The molecule has 0 fully saturated rings. The summed E-state index contributed by atoms with van der Waals surface area (Å²) in [6.45, 7) is 5.22. The van der Waals surface area contributed by atoms with Gasteiger partial charge in [-0.3, -0.25) is 0 Å². The number of nitrogens with zero attached hydrogens (tertiary/aromatic N) is 1. The SMILES string of the molecule is COc1ccnc(Cl)c1COC(=O)OC(C)(C)C. The molecular formula is C12H16ClNO4. The van der Waals surface area contributed by atoms with E-state index in [0.29, 0.717) is 11.3 Å². The Bertz CT molecular complexity index is 429. The fourth-order valence-electron chi connectivity index (χ4n) is 1.18. The monoisotopic (exact) mass is 273 g/mol. The lowest BCUT2D eigenvalue weighted by molar-refractivity contribution is -0.0110. The molecule has 1 rings (SSSR count). The van der Waals surface area contributed by atoms with Crippen molar-refractivity contribution in [2.75, 3.05) is 7.11 Å². The molecule has 5 nitrogen and oxygen atoms in total. The molecule has 0 aliphatic heterocycles. The van der Waals surface area contributed by atoms with Gasteiger partial charge in [0.25, 0.3) is 0 Å². The van der Waals surface area contributed by atoms with Crippen LogP contribution in [0.25, 0.3) is 0 Å². The molecule has 1 aromatic heterocycles. The molecule has 0 bridgehead atoms. The van der Waals surface area contributed by atoms with Crippen molar-refractivity contribution in [2.24, 2.45) is 0 Å². The lowest BCUT2D eigenvalue weighted by Gasteiger charge is -2.19. The lowest BCUT2D eigenvalue weighted by atomic mass is 10.2. The quantitative estimate of drug-likeness (QED) is 0.625. The molecule has 0 spiro atoms. The summed E-state index contributed by atoms with van der Waals surface area (Å²) in [6.07, 6.45) is 0.752. The summed E-state index contributed by atoms with van der Waals surface area (Å²) in [6, 6.07) is 1.64. The minimum Gasteiger partial charge on any atom is -0.496 e. The molecule has 0 amide bonds. The Hall–Kier alpha value is -1.49. The van der Waals surface area contributed by atoms with E-state index in [-0.39, 0.29) is 11.8 Å². The second-order valence-corrected chi connectivity index (χ2v) is 4.89. The third kappa shape index (κ3) is 4.41. The van der Waals surface area contributed by atoms with E-state index in [2.05, 4.69) is 4.98 Å². The summed E-state index contributed by atoms with van der Waals surface area (Å²) in [5.74, 6) is 0.513. The average molecular weight is 274 g/mol. The lowest BCUT2D eigenvalue weighted by Crippen LogP contribution is -2.24. The molecule has 100 valence electrons. The van der Waals surface area contributed by atoms with Gasteiger partial charge < -0.3 is 14.2 Å². The van der Waals surface area contributed by atoms with Crippen molar-refractivity contribution < 1.29 is 19.0 Å². The van der Waals surface area contributed by atoms with E-state index >= 15 is 0 Å². The molecule has 0 aliphatic carbocycles. The fourth-order valence-corrected chi connectivity index (χ4v) is 1.39. The van der Waals surface area contributed by atoms with Crippen LogP contribution in [0.1, 0.15) is 26.3 Å².